The van der Waals surface area contributed by atoms with Gasteiger partial charge in [0.1, 0.15) is 11.9 Å². The van der Waals surface area contributed by atoms with Crippen molar-refractivity contribution in [3.63, 3.8) is 0 Å². The smallest absolute Gasteiger partial charge is 0.145 e. The second-order valence-electron chi connectivity index (χ2n) is 5.94. The molecule has 0 spiro atoms. The van der Waals surface area contributed by atoms with Gasteiger partial charge in [0.2, 0.25) is 0 Å². The van der Waals surface area contributed by atoms with Gasteiger partial charge in [-0.15, -0.1) is 0 Å². The number of nitrogens with one attached hydrogen (secondary N) is 1. The van der Waals surface area contributed by atoms with E-state index in [4.69, 9.17) is 0 Å². The van der Waals surface area contributed by atoms with Crippen LogP contribution in [-0.2, 0) is 0 Å². The normalized spacial score (nSPS) is 17.6. The van der Waals surface area contributed by atoms with E-state index >= 15 is 0 Å². The van der Waals surface area contributed by atoms with Gasteiger partial charge in [0, 0.05) is 10.9 Å². The molecule has 3 heteroatoms. The zero-order valence-corrected chi connectivity index (χ0v) is 11.8. The van der Waals surface area contributed by atoms with Crippen molar-refractivity contribution in [1.82, 2.24) is 4.98 Å². The SMILES string of the molecule is CC1(Nc2nc3ccccc3cc2C#N)CCCCC1. The lowest BCUT2D eigenvalue weighted by atomic mass is 9.83. The summed E-state index contributed by atoms with van der Waals surface area (Å²) < 4.78 is 0. The number of pyridine rings is 1. The summed E-state index contributed by atoms with van der Waals surface area (Å²) in [5.74, 6) is 0.732. The van der Waals surface area contributed by atoms with E-state index in [0.717, 1.165) is 29.6 Å². The highest BCUT2D eigenvalue weighted by Crippen LogP contribution is 2.32. The molecule has 3 nitrogen and oxygen atoms in total. The van der Waals surface area contributed by atoms with Gasteiger partial charge in [-0.05, 0) is 31.9 Å². The molecule has 20 heavy (non-hydrogen) atoms. The quantitative estimate of drug-likeness (QED) is 0.883. The third-order valence-corrected chi connectivity index (χ3v) is 4.22. The molecule has 0 unspecified atom stereocenters. The molecule has 1 aromatic carbocycles. The Morgan fingerprint density at radius 1 is 1.20 bits per heavy atom. The maximum absolute atomic E-state index is 9.36. The first-order valence-electron chi connectivity index (χ1n) is 7.28. The lowest BCUT2D eigenvalue weighted by molar-refractivity contribution is 0.348. The topological polar surface area (TPSA) is 48.7 Å². The highest BCUT2D eigenvalue weighted by molar-refractivity contribution is 5.82. The molecule has 0 amide bonds. The summed E-state index contributed by atoms with van der Waals surface area (Å²) in [6.45, 7) is 2.24. The Labute approximate surface area is 119 Å². The fraction of sp³-hybridized carbons (Fsp3) is 0.412. The fourth-order valence-corrected chi connectivity index (χ4v) is 3.04. The summed E-state index contributed by atoms with van der Waals surface area (Å²) in [5, 5.41) is 13.9. The highest BCUT2D eigenvalue weighted by Gasteiger charge is 2.27. The zero-order valence-electron chi connectivity index (χ0n) is 11.8. The van der Waals surface area contributed by atoms with Crippen LogP contribution in [0.3, 0.4) is 0 Å². The Balaban J connectivity index is 1.99. The lowest BCUT2D eigenvalue weighted by Crippen LogP contribution is -2.37. The average molecular weight is 265 g/mol. The molecule has 1 saturated carbocycles. The van der Waals surface area contributed by atoms with Crippen molar-refractivity contribution < 1.29 is 0 Å². The van der Waals surface area contributed by atoms with Gasteiger partial charge in [-0.3, -0.25) is 0 Å². The van der Waals surface area contributed by atoms with Crippen LogP contribution in [0.15, 0.2) is 30.3 Å². The lowest BCUT2D eigenvalue weighted by Gasteiger charge is -2.35. The number of hydrogen-bond acceptors (Lipinski definition) is 3. The number of fused-ring (bicyclic) bond motifs is 1. The number of rotatable bonds is 2. The predicted molar refractivity (Wildman–Crippen MR) is 81.6 cm³/mol. The number of para-hydroxylation sites is 1. The van der Waals surface area contributed by atoms with E-state index in [1.54, 1.807) is 0 Å². The van der Waals surface area contributed by atoms with Crippen LogP contribution in [0.4, 0.5) is 5.82 Å². The fourth-order valence-electron chi connectivity index (χ4n) is 3.04. The van der Waals surface area contributed by atoms with E-state index in [1.807, 2.05) is 30.3 Å². The van der Waals surface area contributed by atoms with Crippen molar-refractivity contribution in [2.75, 3.05) is 5.32 Å². The van der Waals surface area contributed by atoms with Gasteiger partial charge in [0.05, 0.1) is 11.1 Å². The Morgan fingerprint density at radius 2 is 1.95 bits per heavy atom. The summed E-state index contributed by atoms with van der Waals surface area (Å²) in [7, 11) is 0. The summed E-state index contributed by atoms with van der Waals surface area (Å²) >= 11 is 0. The molecule has 0 radical (unpaired) electrons. The molecule has 0 aliphatic heterocycles. The number of hydrogen-bond donors (Lipinski definition) is 1. The minimum Gasteiger partial charge on any atom is -0.364 e. The Kier molecular flexibility index (Phi) is 3.31. The molecule has 2 aromatic rings. The monoisotopic (exact) mass is 265 g/mol. The van der Waals surface area contributed by atoms with Crippen molar-refractivity contribution in [1.29, 1.82) is 5.26 Å². The van der Waals surface area contributed by atoms with Crippen LogP contribution >= 0.6 is 0 Å². The van der Waals surface area contributed by atoms with Gasteiger partial charge in [0.15, 0.2) is 0 Å². The summed E-state index contributed by atoms with van der Waals surface area (Å²) in [6, 6.07) is 12.1. The van der Waals surface area contributed by atoms with Crippen LogP contribution in [0, 0.1) is 11.3 Å². The second-order valence-corrected chi connectivity index (χ2v) is 5.94. The molecule has 3 rings (SSSR count). The molecule has 102 valence electrons. The third-order valence-electron chi connectivity index (χ3n) is 4.22. The van der Waals surface area contributed by atoms with Gasteiger partial charge >= 0.3 is 0 Å². The molecule has 1 fully saturated rings. The third kappa shape index (κ3) is 2.46. The van der Waals surface area contributed by atoms with Gasteiger partial charge in [-0.1, -0.05) is 37.5 Å². The van der Waals surface area contributed by atoms with Gasteiger partial charge < -0.3 is 5.32 Å². The van der Waals surface area contributed by atoms with E-state index in [2.05, 4.69) is 23.3 Å². The van der Waals surface area contributed by atoms with Gasteiger partial charge in [-0.2, -0.15) is 5.26 Å². The van der Waals surface area contributed by atoms with Crippen LogP contribution in [0.25, 0.3) is 10.9 Å². The summed E-state index contributed by atoms with van der Waals surface area (Å²) in [6.07, 6.45) is 6.10. The minimum atomic E-state index is 0.0688. The molecular weight excluding hydrogens is 246 g/mol. The Morgan fingerprint density at radius 3 is 2.70 bits per heavy atom. The van der Waals surface area contributed by atoms with E-state index < -0.39 is 0 Å². The zero-order chi connectivity index (χ0) is 14.0. The van der Waals surface area contributed by atoms with Crippen LogP contribution in [0.1, 0.15) is 44.6 Å². The average Bonchev–Trinajstić information content (AvgIpc) is 2.47. The van der Waals surface area contributed by atoms with Crippen LogP contribution in [0.2, 0.25) is 0 Å². The summed E-state index contributed by atoms with van der Waals surface area (Å²) in [4.78, 5) is 4.65. The molecule has 0 saturated heterocycles. The molecule has 0 atom stereocenters. The maximum Gasteiger partial charge on any atom is 0.145 e. The Hall–Kier alpha value is -2.08. The van der Waals surface area contributed by atoms with Crippen molar-refractivity contribution in [3.05, 3.63) is 35.9 Å². The molecule has 1 aliphatic rings. The number of aromatic nitrogens is 1. The van der Waals surface area contributed by atoms with Crippen LogP contribution in [-0.4, -0.2) is 10.5 Å². The molecular formula is C17H19N3. The van der Waals surface area contributed by atoms with E-state index in [9.17, 15) is 5.26 Å². The van der Waals surface area contributed by atoms with Crippen molar-refractivity contribution >= 4 is 16.7 Å². The van der Waals surface area contributed by atoms with E-state index in [0.29, 0.717) is 5.56 Å². The first kappa shape index (κ1) is 12.9. The van der Waals surface area contributed by atoms with E-state index in [1.165, 1.54) is 19.3 Å². The van der Waals surface area contributed by atoms with Gasteiger partial charge in [0.25, 0.3) is 0 Å². The van der Waals surface area contributed by atoms with E-state index in [-0.39, 0.29) is 5.54 Å². The Bertz CT molecular complexity index is 663. The first-order valence-corrected chi connectivity index (χ1v) is 7.28. The largest absolute Gasteiger partial charge is 0.364 e. The number of nitriles is 1. The minimum absolute atomic E-state index is 0.0688. The molecule has 1 aromatic heterocycles. The van der Waals surface area contributed by atoms with Crippen molar-refractivity contribution in [2.24, 2.45) is 0 Å². The van der Waals surface area contributed by atoms with Crippen LogP contribution < -0.4 is 5.32 Å². The standard InChI is InChI=1S/C17H19N3/c1-17(9-5-2-6-10-17)20-16-14(12-18)11-13-7-3-4-8-15(13)19-16/h3-4,7-8,11H,2,5-6,9-10H2,1H3,(H,19,20). The number of nitrogens with zero attached hydrogens (tertiary/aromatic N) is 2. The molecule has 0 bridgehead atoms. The highest BCUT2D eigenvalue weighted by atomic mass is 15.1. The maximum atomic E-state index is 9.36. The second kappa shape index (κ2) is 5.13. The molecule has 1 N–H and O–H groups in total. The molecule has 1 heterocycles. The van der Waals surface area contributed by atoms with Crippen molar-refractivity contribution in [3.8, 4) is 6.07 Å². The van der Waals surface area contributed by atoms with Crippen molar-refractivity contribution in [2.45, 2.75) is 44.6 Å². The van der Waals surface area contributed by atoms with Gasteiger partial charge in [-0.25, -0.2) is 4.98 Å². The summed E-state index contributed by atoms with van der Waals surface area (Å²) in [5.41, 5.74) is 1.64. The number of benzene rings is 1. The first-order chi connectivity index (χ1) is 9.70. The predicted octanol–water partition coefficient (Wildman–Crippen LogP) is 4.24. The molecule has 1 aliphatic carbocycles. The van der Waals surface area contributed by atoms with Crippen LogP contribution in [0.5, 0.6) is 0 Å². The number of anilines is 1.